The first-order valence-corrected chi connectivity index (χ1v) is 7.60. The summed E-state index contributed by atoms with van der Waals surface area (Å²) in [6.07, 6.45) is 3.75. The van der Waals surface area contributed by atoms with Gasteiger partial charge in [0.05, 0.1) is 0 Å². The van der Waals surface area contributed by atoms with Gasteiger partial charge < -0.3 is 9.32 Å². The number of anilines is 1. The number of hydrogen-bond donors (Lipinski definition) is 0. The highest BCUT2D eigenvalue weighted by Gasteiger charge is 2.21. The minimum Gasteiger partial charge on any atom is -0.423 e. The third kappa shape index (κ3) is 2.67. The maximum absolute atomic E-state index is 5.85. The first-order chi connectivity index (χ1) is 10.9. The second kappa shape index (κ2) is 5.77. The molecule has 0 aliphatic carbocycles. The Morgan fingerprint density at radius 1 is 1.00 bits per heavy atom. The molecular formula is C17H18N4O. The number of benzene rings is 1. The number of pyridine rings is 1. The van der Waals surface area contributed by atoms with E-state index < -0.39 is 0 Å². The van der Waals surface area contributed by atoms with Crippen LogP contribution in [0.1, 0.15) is 5.56 Å². The van der Waals surface area contributed by atoms with Gasteiger partial charge in [-0.05, 0) is 23.8 Å². The molecule has 0 saturated carbocycles. The first kappa shape index (κ1) is 13.3. The van der Waals surface area contributed by atoms with Crippen LogP contribution < -0.4 is 4.90 Å². The smallest absolute Gasteiger partial charge is 0.298 e. The van der Waals surface area contributed by atoms with E-state index >= 15 is 0 Å². The zero-order valence-electron chi connectivity index (χ0n) is 12.4. The van der Waals surface area contributed by atoms with Crippen molar-refractivity contribution < 1.29 is 4.42 Å². The highest BCUT2D eigenvalue weighted by molar-refractivity contribution is 5.74. The quantitative estimate of drug-likeness (QED) is 0.743. The molecule has 0 N–H and O–H groups in total. The third-order valence-electron chi connectivity index (χ3n) is 4.05. The number of oxazole rings is 1. The summed E-state index contributed by atoms with van der Waals surface area (Å²) in [4.78, 5) is 13.4. The van der Waals surface area contributed by atoms with E-state index in [1.165, 1.54) is 5.56 Å². The van der Waals surface area contributed by atoms with Crippen LogP contribution in [0.3, 0.4) is 0 Å². The molecule has 0 atom stereocenters. The lowest BCUT2D eigenvalue weighted by Crippen LogP contribution is -2.46. The van der Waals surface area contributed by atoms with Crippen molar-refractivity contribution in [3.63, 3.8) is 0 Å². The van der Waals surface area contributed by atoms with Crippen molar-refractivity contribution >= 4 is 17.1 Å². The molecule has 22 heavy (non-hydrogen) atoms. The summed E-state index contributed by atoms with van der Waals surface area (Å²) < 4.78 is 5.85. The number of aromatic nitrogens is 2. The molecule has 4 rings (SSSR count). The summed E-state index contributed by atoms with van der Waals surface area (Å²) in [7, 11) is 0. The van der Waals surface area contributed by atoms with Crippen molar-refractivity contribution in [3.05, 3.63) is 54.4 Å². The lowest BCUT2D eigenvalue weighted by atomic mass is 10.2. The van der Waals surface area contributed by atoms with Gasteiger partial charge in [0.25, 0.3) is 6.01 Å². The first-order valence-electron chi connectivity index (χ1n) is 7.60. The molecular weight excluding hydrogens is 276 g/mol. The van der Waals surface area contributed by atoms with Gasteiger partial charge in [-0.1, -0.05) is 18.2 Å². The maximum Gasteiger partial charge on any atom is 0.298 e. The Labute approximate surface area is 129 Å². The van der Waals surface area contributed by atoms with Crippen LogP contribution in [0.2, 0.25) is 0 Å². The molecule has 1 aliphatic heterocycles. The molecule has 5 nitrogen and oxygen atoms in total. The number of piperazine rings is 1. The Balaban J connectivity index is 1.41. The van der Waals surface area contributed by atoms with Crippen LogP contribution in [0, 0.1) is 0 Å². The molecule has 3 aromatic rings. The van der Waals surface area contributed by atoms with Gasteiger partial charge in [0.1, 0.15) is 5.52 Å². The Bertz CT molecular complexity index is 714. The number of para-hydroxylation sites is 2. The van der Waals surface area contributed by atoms with Crippen LogP contribution in [0.15, 0.2) is 53.2 Å². The summed E-state index contributed by atoms with van der Waals surface area (Å²) >= 11 is 0. The second-order valence-electron chi connectivity index (χ2n) is 5.59. The van der Waals surface area contributed by atoms with Gasteiger partial charge in [0.2, 0.25) is 0 Å². The Kier molecular flexibility index (Phi) is 3.48. The van der Waals surface area contributed by atoms with Crippen LogP contribution in [-0.2, 0) is 6.54 Å². The molecule has 2 aromatic heterocycles. The number of rotatable bonds is 3. The topological polar surface area (TPSA) is 45.4 Å². The Hall–Kier alpha value is -2.40. The molecule has 112 valence electrons. The highest BCUT2D eigenvalue weighted by Crippen LogP contribution is 2.22. The van der Waals surface area contributed by atoms with Gasteiger partial charge in [-0.15, -0.1) is 0 Å². The third-order valence-corrected chi connectivity index (χ3v) is 4.05. The minimum absolute atomic E-state index is 0.738. The maximum atomic E-state index is 5.85. The predicted octanol–water partition coefficient (Wildman–Crippen LogP) is 2.55. The van der Waals surface area contributed by atoms with Crippen LogP contribution in [0.25, 0.3) is 11.1 Å². The van der Waals surface area contributed by atoms with Gasteiger partial charge in [0.15, 0.2) is 5.58 Å². The number of hydrogen-bond acceptors (Lipinski definition) is 5. The molecule has 0 bridgehead atoms. The number of nitrogens with zero attached hydrogens (tertiary/aromatic N) is 4. The standard InChI is InChI=1S/C17H18N4O/c1-2-6-16-15(5-1)19-17(22-16)21-10-8-20(9-11-21)13-14-4-3-7-18-12-14/h1-7,12H,8-11,13H2. The van der Waals surface area contributed by atoms with Crippen molar-refractivity contribution in [2.24, 2.45) is 0 Å². The average Bonchev–Trinajstić information content (AvgIpc) is 3.00. The lowest BCUT2D eigenvalue weighted by Gasteiger charge is -2.33. The van der Waals surface area contributed by atoms with Crippen LogP contribution in [-0.4, -0.2) is 41.0 Å². The summed E-state index contributed by atoms with van der Waals surface area (Å²) in [6.45, 7) is 4.84. The summed E-state index contributed by atoms with van der Waals surface area (Å²) in [6, 6.07) is 12.8. The molecule has 1 aliphatic rings. The molecule has 0 spiro atoms. The molecule has 5 heteroatoms. The largest absolute Gasteiger partial charge is 0.423 e. The van der Waals surface area contributed by atoms with Gasteiger partial charge in [-0.25, -0.2) is 0 Å². The van der Waals surface area contributed by atoms with Gasteiger partial charge in [-0.3, -0.25) is 9.88 Å². The average molecular weight is 294 g/mol. The number of fused-ring (bicyclic) bond motifs is 1. The van der Waals surface area contributed by atoms with Crippen molar-refractivity contribution in [2.45, 2.75) is 6.54 Å². The fourth-order valence-electron chi connectivity index (χ4n) is 2.84. The monoisotopic (exact) mass is 294 g/mol. The molecule has 1 aromatic carbocycles. The van der Waals surface area contributed by atoms with E-state index in [0.29, 0.717) is 0 Å². The zero-order chi connectivity index (χ0) is 14.8. The van der Waals surface area contributed by atoms with Gasteiger partial charge in [-0.2, -0.15) is 4.98 Å². The molecule has 1 saturated heterocycles. The van der Waals surface area contributed by atoms with E-state index in [2.05, 4.69) is 25.8 Å². The van der Waals surface area contributed by atoms with Gasteiger partial charge in [0, 0.05) is 45.1 Å². The Morgan fingerprint density at radius 3 is 2.64 bits per heavy atom. The van der Waals surface area contributed by atoms with Gasteiger partial charge >= 0.3 is 0 Å². The van der Waals surface area contributed by atoms with Crippen molar-refractivity contribution in [1.82, 2.24) is 14.9 Å². The molecule has 0 unspecified atom stereocenters. The lowest BCUT2D eigenvalue weighted by molar-refractivity contribution is 0.245. The Morgan fingerprint density at radius 2 is 1.86 bits per heavy atom. The van der Waals surface area contributed by atoms with Crippen LogP contribution in [0.5, 0.6) is 0 Å². The van der Waals surface area contributed by atoms with Crippen molar-refractivity contribution in [2.75, 3.05) is 31.1 Å². The molecule has 3 heterocycles. The minimum atomic E-state index is 0.738. The van der Waals surface area contributed by atoms with Crippen LogP contribution in [0.4, 0.5) is 6.01 Å². The zero-order valence-corrected chi connectivity index (χ0v) is 12.4. The van der Waals surface area contributed by atoms with E-state index in [1.807, 2.05) is 42.7 Å². The van der Waals surface area contributed by atoms with Crippen LogP contribution >= 0.6 is 0 Å². The second-order valence-corrected chi connectivity index (χ2v) is 5.59. The highest BCUT2D eigenvalue weighted by atomic mass is 16.4. The predicted molar refractivity (Wildman–Crippen MR) is 85.7 cm³/mol. The molecule has 1 fully saturated rings. The van der Waals surface area contributed by atoms with Crippen molar-refractivity contribution in [1.29, 1.82) is 0 Å². The van der Waals surface area contributed by atoms with E-state index in [1.54, 1.807) is 0 Å². The normalized spacial score (nSPS) is 16.3. The van der Waals surface area contributed by atoms with Crippen molar-refractivity contribution in [3.8, 4) is 0 Å². The van der Waals surface area contributed by atoms with E-state index in [0.717, 1.165) is 49.8 Å². The summed E-state index contributed by atoms with van der Waals surface area (Å²) in [5, 5.41) is 0. The van der Waals surface area contributed by atoms with E-state index in [-0.39, 0.29) is 0 Å². The fraction of sp³-hybridized carbons (Fsp3) is 0.294. The summed E-state index contributed by atoms with van der Waals surface area (Å²) in [5.74, 6) is 0. The van der Waals surface area contributed by atoms with E-state index in [4.69, 9.17) is 4.42 Å². The van der Waals surface area contributed by atoms with E-state index in [9.17, 15) is 0 Å². The summed E-state index contributed by atoms with van der Waals surface area (Å²) in [5.41, 5.74) is 3.04. The molecule has 0 radical (unpaired) electrons. The molecule has 0 amide bonds. The fourth-order valence-corrected chi connectivity index (χ4v) is 2.84. The SMILES string of the molecule is c1cncc(CN2CCN(c3nc4ccccc4o3)CC2)c1.